The van der Waals surface area contributed by atoms with Crippen molar-refractivity contribution in [1.29, 1.82) is 0 Å². The largest absolute Gasteiger partial charge is 0.396 e. The van der Waals surface area contributed by atoms with Gasteiger partial charge in [0.2, 0.25) is 0 Å². The Morgan fingerprint density at radius 1 is 1.53 bits per heavy atom. The second kappa shape index (κ2) is 5.32. The van der Waals surface area contributed by atoms with E-state index < -0.39 is 0 Å². The van der Waals surface area contributed by atoms with Crippen LogP contribution >= 0.6 is 11.6 Å². The third kappa shape index (κ3) is 2.71. The van der Waals surface area contributed by atoms with Gasteiger partial charge in [0, 0.05) is 12.1 Å². The standard InChI is InChI=1S/C13H15ClN4O/c1-8(9-4-3-5-10(14)6-9)18(2)13(19)12-11(15)7-16-17-12/h3-8H,15H2,1-2H3,(H,16,17). The summed E-state index contributed by atoms with van der Waals surface area (Å²) in [6.07, 6.45) is 1.42. The van der Waals surface area contributed by atoms with Gasteiger partial charge < -0.3 is 10.6 Å². The molecule has 5 nitrogen and oxygen atoms in total. The Hall–Kier alpha value is -2.01. The van der Waals surface area contributed by atoms with Crippen LogP contribution in [-0.2, 0) is 0 Å². The molecule has 100 valence electrons. The monoisotopic (exact) mass is 278 g/mol. The average molecular weight is 279 g/mol. The normalized spacial score (nSPS) is 12.2. The van der Waals surface area contributed by atoms with Crippen LogP contribution in [-0.4, -0.2) is 28.1 Å². The lowest BCUT2D eigenvalue weighted by molar-refractivity contribution is 0.0737. The highest BCUT2D eigenvalue weighted by atomic mass is 35.5. The molecule has 0 bridgehead atoms. The molecule has 0 radical (unpaired) electrons. The van der Waals surface area contributed by atoms with E-state index in [9.17, 15) is 4.79 Å². The first-order chi connectivity index (χ1) is 9.00. The van der Waals surface area contributed by atoms with Gasteiger partial charge in [0.25, 0.3) is 5.91 Å². The number of hydrogen-bond donors (Lipinski definition) is 2. The molecular formula is C13H15ClN4O. The number of carbonyl (C=O) groups is 1. The predicted octanol–water partition coefficient (Wildman–Crippen LogP) is 2.48. The molecule has 3 N–H and O–H groups in total. The second-order valence-electron chi connectivity index (χ2n) is 4.35. The highest BCUT2D eigenvalue weighted by molar-refractivity contribution is 6.30. The molecule has 6 heteroatoms. The SMILES string of the molecule is CC(c1cccc(Cl)c1)N(C)C(=O)c1[nH]ncc1N. The molecule has 0 spiro atoms. The van der Waals surface area contributed by atoms with Gasteiger partial charge in [0.1, 0.15) is 5.69 Å². The highest BCUT2D eigenvalue weighted by Crippen LogP contribution is 2.23. The number of carbonyl (C=O) groups excluding carboxylic acids is 1. The van der Waals surface area contributed by atoms with E-state index in [0.717, 1.165) is 5.56 Å². The molecule has 0 fully saturated rings. The van der Waals surface area contributed by atoms with Gasteiger partial charge in [-0.05, 0) is 24.6 Å². The molecule has 1 atom stereocenters. The number of amides is 1. The summed E-state index contributed by atoms with van der Waals surface area (Å²) in [6.45, 7) is 1.93. The number of nitrogens with two attached hydrogens (primary N) is 1. The minimum absolute atomic E-state index is 0.117. The van der Waals surface area contributed by atoms with E-state index >= 15 is 0 Å². The number of aromatic amines is 1. The minimum atomic E-state index is -0.206. The van der Waals surface area contributed by atoms with Crippen molar-refractivity contribution in [2.75, 3.05) is 12.8 Å². The summed E-state index contributed by atoms with van der Waals surface area (Å²) in [6, 6.07) is 7.31. The average Bonchev–Trinajstić information content (AvgIpc) is 2.82. The number of nitrogens with zero attached hydrogens (tertiary/aromatic N) is 2. The van der Waals surface area contributed by atoms with E-state index in [1.54, 1.807) is 18.0 Å². The summed E-state index contributed by atoms with van der Waals surface area (Å²) in [5.74, 6) is -0.206. The van der Waals surface area contributed by atoms with E-state index in [4.69, 9.17) is 17.3 Å². The summed E-state index contributed by atoms with van der Waals surface area (Å²) >= 11 is 5.96. The van der Waals surface area contributed by atoms with Crippen LogP contribution in [0.3, 0.4) is 0 Å². The number of aromatic nitrogens is 2. The van der Waals surface area contributed by atoms with Crippen molar-refractivity contribution in [3.05, 3.63) is 46.7 Å². The first-order valence-electron chi connectivity index (χ1n) is 5.82. The van der Waals surface area contributed by atoms with Crippen LogP contribution in [0, 0.1) is 0 Å². The number of nitrogen functional groups attached to an aromatic ring is 1. The zero-order chi connectivity index (χ0) is 14.0. The number of halogens is 1. The van der Waals surface area contributed by atoms with Gasteiger partial charge in [0.15, 0.2) is 0 Å². The fourth-order valence-corrected chi connectivity index (χ4v) is 2.01. The van der Waals surface area contributed by atoms with Gasteiger partial charge >= 0.3 is 0 Å². The molecule has 1 aromatic heterocycles. The maximum atomic E-state index is 12.3. The van der Waals surface area contributed by atoms with Gasteiger partial charge in [0.05, 0.1) is 17.9 Å². The lowest BCUT2D eigenvalue weighted by Crippen LogP contribution is -2.30. The molecule has 0 aliphatic rings. The maximum Gasteiger partial charge on any atom is 0.274 e. The van der Waals surface area contributed by atoms with Crippen LogP contribution in [0.1, 0.15) is 29.0 Å². The van der Waals surface area contributed by atoms with Gasteiger partial charge in [-0.3, -0.25) is 9.89 Å². The third-order valence-electron chi connectivity index (χ3n) is 3.11. The Bertz CT molecular complexity index is 596. The van der Waals surface area contributed by atoms with Crippen LogP contribution < -0.4 is 5.73 Å². The van der Waals surface area contributed by atoms with Crippen molar-refractivity contribution in [3.63, 3.8) is 0 Å². The zero-order valence-corrected chi connectivity index (χ0v) is 11.5. The molecule has 19 heavy (non-hydrogen) atoms. The molecule has 1 unspecified atom stereocenters. The number of H-pyrrole nitrogens is 1. The van der Waals surface area contributed by atoms with Crippen molar-refractivity contribution >= 4 is 23.2 Å². The summed E-state index contributed by atoms with van der Waals surface area (Å²) in [7, 11) is 1.72. The summed E-state index contributed by atoms with van der Waals surface area (Å²) in [5, 5.41) is 7.01. The van der Waals surface area contributed by atoms with Gasteiger partial charge in [-0.2, -0.15) is 5.10 Å². The Labute approximate surface area is 116 Å². The molecule has 1 heterocycles. The molecule has 2 rings (SSSR count). The Morgan fingerprint density at radius 2 is 2.26 bits per heavy atom. The summed E-state index contributed by atoms with van der Waals surface area (Å²) in [5.41, 5.74) is 7.28. The van der Waals surface area contributed by atoms with Crippen LogP contribution in [0.4, 0.5) is 5.69 Å². The van der Waals surface area contributed by atoms with Crippen LogP contribution in [0.25, 0.3) is 0 Å². The molecule has 0 saturated carbocycles. The van der Waals surface area contributed by atoms with Crippen molar-refractivity contribution in [2.24, 2.45) is 0 Å². The van der Waals surface area contributed by atoms with Crippen molar-refractivity contribution < 1.29 is 4.79 Å². The van der Waals surface area contributed by atoms with Crippen LogP contribution in [0.15, 0.2) is 30.5 Å². The van der Waals surface area contributed by atoms with Crippen molar-refractivity contribution in [2.45, 2.75) is 13.0 Å². The molecule has 0 saturated heterocycles. The van der Waals surface area contributed by atoms with Gasteiger partial charge in [-0.25, -0.2) is 0 Å². The van der Waals surface area contributed by atoms with E-state index in [1.165, 1.54) is 6.20 Å². The lowest BCUT2D eigenvalue weighted by atomic mass is 10.1. The first-order valence-corrected chi connectivity index (χ1v) is 6.20. The Kier molecular flexibility index (Phi) is 3.76. The van der Waals surface area contributed by atoms with Crippen LogP contribution in [0.5, 0.6) is 0 Å². The maximum absolute atomic E-state index is 12.3. The number of benzene rings is 1. The van der Waals surface area contributed by atoms with Crippen molar-refractivity contribution in [1.82, 2.24) is 15.1 Å². The molecular weight excluding hydrogens is 264 g/mol. The number of anilines is 1. The first kappa shape index (κ1) is 13.4. The summed E-state index contributed by atoms with van der Waals surface area (Å²) < 4.78 is 0. The molecule has 2 aromatic rings. The predicted molar refractivity (Wildman–Crippen MR) is 75.0 cm³/mol. The van der Waals surface area contributed by atoms with Gasteiger partial charge in [-0.15, -0.1) is 0 Å². The second-order valence-corrected chi connectivity index (χ2v) is 4.78. The van der Waals surface area contributed by atoms with E-state index in [2.05, 4.69) is 10.2 Å². The highest BCUT2D eigenvalue weighted by Gasteiger charge is 2.22. The molecule has 0 aliphatic carbocycles. The van der Waals surface area contributed by atoms with E-state index in [-0.39, 0.29) is 11.9 Å². The molecule has 1 aromatic carbocycles. The van der Waals surface area contributed by atoms with E-state index in [1.807, 2.05) is 25.1 Å². The number of nitrogens with one attached hydrogen (secondary N) is 1. The fourth-order valence-electron chi connectivity index (χ4n) is 1.81. The smallest absolute Gasteiger partial charge is 0.274 e. The third-order valence-corrected chi connectivity index (χ3v) is 3.35. The molecule has 0 aliphatic heterocycles. The van der Waals surface area contributed by atoms with E-state index in [0.29, 0.717) is 16.4 Å². The summed E-state index contributed by atoms with van der Waals surface area (Å²) in [4.78, 5) is 13.9. The van der Waals surface area contributed by atoms with Crippen molar-refractivity contribution in [3.8, 4) is 0 Å². The quantitative estimate of drug-likeness (QED) is 0.906. The molecule has 1 amide bonds. The topological polar surface area (TPSA) is 75.0 Å². The Morgan fingerprint density at radius 3 is 2.84 bits per heavy atom. The number of hydrogen-bond acceptors (Lipinski definition) is 3. The Balaban J connectivity index is 2.22. The van der Waals surface area contributed by atoms with Crippen LogP contribution in [0.2, 0.25) is 5.02 Å². The fraction of sp³-hybridized carbons (Fsp3) is 0.231. The lowest BCUT2D eigenvalue weighted by Gasteiger charge is -2.25. The van der Waals surface area contributed by atoms with Gasteiger partial charge in [-0.1, -0.05) is 23.7 Å². The minimum Gasteiger partial charge on any atom is -0.396 e. The number of rotatable bonds is 3. The zero-order valence-electron chi connectivity index (χ0n) is 10.7.